The van der Waals surface area contributed by atoms with Gasteiger partial charge in [0.15, 0.2) is 0 Å². The number of benzene rings is 1. The molecular formula is C20H24ClN5O3S. The van der Waals surface area contributed by atoms with Gasteiger partial charge >= 0.3 is 0 Å². The van der Waals surface area contributed by atoms with Crippen LogP contribution in [0.2, 0.25) is 5.02 Å². The van der Waals surface area contributed by atoms with Gasteiger partial charge in [-0.1, -0.05) is 23.7 Å². The molecule has 1 atom stereocenters. The number of H-pyrrole nitrogens is 2. The number of sulfonamides is 1. The van der Waals surface area contributed by atoms with Crippen molar-refractivity contribution in [3.8, 4) is 5.75 Å². The number of halogens is 1. The molecule has 30 heavy (non-hydrogen) atoms. The lowest BCUT2D eigenvalue weighted by Gasteiger charge is -2.16. The Morgan fingerprint density at radius 3 is 2.77 bits per heavy atom. The molecular weight excluding hydrogens is 426 g/mol. The monoisotopic (exact) mass is 449 g/mol. The third-order valence-corrected chi connectivity index (χ3v) is 7.79. The lowest BCUT2D eigenvalue weighted by molar-refractivity contribution is 0.320. The first kappa shape index (κ1) is 20.9. The number of nitrogens with one attached hydrogen (secondary N) is 2. The molecule has 0 aliphatic carbocycles. The zero-order valence-electron chi connectivity index (χ0n) is 16.9. The number of rotatable bonds is 7. The number of ether oxygens (including phenoxy) is 1. The molecule has 0 spiro atoms. The van der Waals surface area contributed by atoms with E-state index >= 15 is 0 Å². The predicted molar refractivity (Wildman–Crippen MR) is 113 cm³/mol. The lowest BCUT2D eigenvalue weighted by atomic mass is 10.0. The van der Waals surface area contributed by atoms with Gasteiger partial charge in [0, 0.05) is 31.1 Å². The zero-order valence-corrected chi connectivity index (χ0v) is 18.4. The molecule has 160 valence electrons. The molecule has 1 unspecified atom stereocenters. The van der Waals surface area contributed by atoms with Gasteiger partial charge in [0.05, 0.1) is 28.7 Å². The Hall–Kier alpha value is -2.36. The van der Waals surface area contributed by atoms with Crippen LogP contribution in [0.4, 0.5) is 0 Å². The van der Waals surface area contributed by atoms with Gasteiger partial charge in [0.25, 0.3) is 0 Å². The predicted octanol–water partition coefficient (Wildman–Crippen LogP) is 3.20. The van der Waals surface area contributed by atoms with Crippen molar-refractivity contribution in [2.24, 2.45) is 0 Å². The van der Waals surface area contributed by atoms with Crippen molar-refractivity contribution in [2.45, 2.75) is 37.5 Å². The van der Waals surface area contributed by atoms with Crippen LogP contribution in [0.1, 0.15) is 35.1 Å². The molecule has 1 aromatic carbocycles. The fourth-order valence-corrected chi connectivity index (χ4v) is 5.81. The Labute approximate surface area is 180 Å². The van der Waals surface area contributed by atoms with Crippen LogP contribution in [0.3, 0.4) is 0 Å². The highest BCUT2D eigenvalue weighted by Crippen LogP contribution is 2.32. The molecule has 0 radical (unpaired) electrons. The first-order chi connectivity index (χ1) is 14.4. The van der Waals surface area contributed by atoms with Crippen molar-refractivity contribution in [1.29, 1.82) is 0 Å². The number of para-hydroxylation sites is 1. The minimum atomic E-state index is -3.57. The summed E-state index contributed by atoms with van der Waals surface area (Å²) in [5, 5.41) is 14.8. The molecule has 1 aliphatic rings. The average molecular weight is 450 g/mol. The van der Waals surface area contributed by atoms with Crippen molar-refractivity contribution in [2.75, 3.05) is 19.7 Å². The standard InChI is InChI=1S/C20H24ClN5O3S/c1-13-20(14(2)23-22-13)30(27,28)26-9-7-15(12-26)18-11-16(24-25-18)8-10-29-19-6-4-3-5-17(19)21/h3-6,11,15H,7-10,12H2,1-2H3,(H,22,23)(H,24,25). The molecule has 0 bridgehead atoms. The Kier molecular flexibility index (Phi) is 5.86. The Bertz CT molecular complexity index is 1120. The smallest absolute Gasteiger partial charge is 0.246 e. The van der Waals surface area contributed by atoms with Crippen LogP contribution in [0.15, 0.2) is 35.2 Å². The lowest BCUT2D eigenvalue weighted by Crippen LogP contribution is -2.29. The van der Waals surface area contributed by atoms with Crippen LogP contribution in [0.5, 0.6) is 5.75 Å². The van der Waals surface area contributed by atoms with E-state index in [1.165, 1.54) is 4.31 Å². The molecule has 0 saturated carbocycles. The molecule has 0 amide bonds. The van der Waals surface area contributed by atoms with E-state index in [-0.39, 0.29) is 10.8 Å². The summed E-state index contributed by atoms with van der Waals surface area (Å²) in [6.45, 7) is 4.77. The first-order valence-electron chi connectivity index (χ1n) is 9.79. The molecule has 1 fully saturated rings. The van der Waals surface area contributed by atoms with Gasteiger partial charge in [-0.3, -0.25) is 10.2 Å². The van der Waals surface area contributed by atoms with E-state index in [4.69, 9.17) is 16.3 Å². The van der Waals surface area contributed by atoms with Crippen LogP contribution in [-0.4, -0.2) is 52.8 Å². The first-order valence-corrected chi connectivity index (χ1v) is 11.6. The quantitative estimate of drug-likeness (QED) is 0.576. The van der Waals surface area contributed by atoms with Crippen LogP contribution in [0.25, 0.3) is 0 Å². The maximum absolute atomic E-state index is 13.0. The topological polar surface area (TPSA) is 104 Å². The van der Waals surface area contributed by atoms with Crippen molar-refractivity contribution >= 4 is 21.6 Å². The molecule has 4 rings (SSSR count). The Balaban J connectivity index is 1.37. The normalized spacial score (nSPS) is 17.5. The Morgan fingerprint density at radius 1 is 1.23 bits per heavy atom. The number of aromatic amines is 2. The van der Waals surface area contributed by atoms with E-state index < -0.39 is 10.0 Å². The summed E-state index contributed by atoms with van der Waals surface area (Å²) in [5.74, 6) is 0.710. The number of aryl methyl sites for hydroxylation is 2. The fourth-order valence-electron chi connectivity index (χ4n) is 3.79. The van der Waals surface area contributed by atoms with Crippen molar-refractivity contribution < 1.29 is 13.2 Å². The van der Waals surface area contributed by atoms with Crippen molar-refractivity contribution in [3.05, 3.63) is 58.1 Å². The molecule has 2 aromatic heterocycles. The minimum Gasteiger partial charge on any atom is -0.492 e. The summed E-state index contributed by atoms with van der Waals surface area (Å²) in [6.07, 6.45) is 1.38. The van der Waals surface area contributed by atoms with Crippen LogP contribution < -0.4 is 4.74 Å². The highest BCUT2D eigenvalue weighted by Gasteiger charge is 2.36. The highest BCUT2D eigenvalue weighted by molar-refractivity contribution is 7.89. The molecule has 1 aliphatic heterocycles. The fraction of sp³-hybridized carbons (Fsp3) is 0.400. The van der Waals surface area contributed by atoms with E-state index in [0.717, 1.165) is 17.8 Å². The third kappa shape index (κ3) is 4.10. The molecule has 2 N–H and O–H groups in total. The van der Waals surface area contributed by atoms with Gasteiger partial charge in [-0.2, -0.15) is 14.5 Å². The molecule has 3 aromatic rings. The maximum atomic E-state index is 13.0. The van der Waals surface area contributed by atoms with Gasteiger partial charge in [-0.15, -0.1) is 0 Å². The van der Waals surface area contributed by atoms with E-state index in [0.29, 0.717) is 48.3 Å². The summed E-state index contributed by atoms with van der Waals surface area (Å²) >= 11 is 6.10. The van der Waals surface area contributed by atoms with E-state index in [1.807, 2.05) is 24.3 Å². The molecule has 1 saturated heterocycles. The van der Waals surface area contributed by atoms with E-state index in [2.05, 4.69) is 20.4 Å². The minimum absolute atomic E-state index is 0.0572. The summed E-state index contributed by atoms with van der Waals surface area (Å²) in [5.41, 5.74) is 2.88. The second-order valence-electron chi connectivity index (χ2n) is 7.46. The summed E-state index contributed by atoms with van der Waals surface area (Å²) in [6, 6.07) is 9.35. The van der Waals surface area contributed by atoms with Crippen LogP contribution in [0, 0.1) is 13.8 Å². The number of hydrogen-bond donors (Lipinski definition) is 2. The largest absolute Gasteiger partial charge is 0.492 e. The van der Waals surface area contributed by atoms with Gasteiger partial charge < -0.3 is 4.74 Å². The highest BCUT2D eigenvalue weighted by atomic mass is 35.5. The van der Waals surface area contributed by atoms with Crippen molar-refractivity contribution in [3.63, 3.8) is 0 Å². The third-order valence-electron chi connectivity index (χ3n) is 5.34. The second kappa shape index (κ2) is 8.41. The summed E-state index contributed by atoms with van der Waals surface area (Å²) < 4.78 is 33.3. The summed E-state index contributed by atoms with van der Waals surface area (Å²) in [4.78, 5) is 0.280. The SMILES string of the molecule is Cc1n[nH]c(C)c1S(=O)(=O)N1CCC(c2cc(CCOc3ccccc3Cl)[nH]n2)C1. The van der Waals surface area contributed by atoms with E-state index in [1.54, 1.807) is 19.9 Å². The Morgan fingerprint density at radius 2 is 2.03 bits per heavy atom. The van der Waals surface area contributed by atoms with Gasteiger partial charge in [-0.05, 0) is 38.5 Å². The van der Waals surface area contributed by atoms with E-state index in [9.17, 15) is 8.42 Å². The van der Waals surface area contributed by atoms with Crippen molar-refractivity contribution in [1.82, 2.24) is 24.7 Å². The average Bonchev–Trinajstić information content (AvgIpc) is 3.43. The number of hydrogen-bond acceptors (Lipinski definition) is 5. The second-order valence-corrected chi connectivity index (χ2v) is 9.74. The van der Waals surface area contributed by atoms with Gasteiger partial charge in [0.1, 0.15) is 10.6 Å². The molecule has 8 nitrogen and oxygen atoms in total. The van der Waals surface area contributed by atoms with Crippen LogP contribution in [-0.2, 0) is 16.4 Å². The maximum Gasteiger partial charge on any atom is 0.246 e. The summed E-state index contributed by atoms with van der Waals surface area (Å²) in [7, 11) is -3.57. The van der Waals surface area contributed by atoms with Gasteiger partial charge in [-0.25, -0.2) is 8.42 Å². The van der Waals surface area contributed by atoms with Gasteiger partial charge in [0.2, 0.25) is 10.0 Å². The molecule has 3 heterocycles. The number of nitrogens with zero attached hydrogens (tertiary/aromatic N) is 3. The molecule has 10 heteroatoms. The number of aromatic nitrogens is 4. The zero-order chi connectivity index (χ0) is 21.3. The van der Waals surface area contributed by atoms with Crippen LogP contribution >= 0.6 is 11.6 Å².